The van der Waals surface area contributed by atoms with E-state index in [-0.39, 0.29) is 11.1 Å². The molecule has 3 aromatic carbocycles. The first-order valence-electron chi connectivity index (χ1n) is 6.65. The van der Waals surface area contributed by atoms with Crippen LogP contribution in [0.15, 0.2) is 60.7 Å². The third kappa shape index (κ3) is 2.54. The number of fused-ring (bicyclic) bond motifs is 1. The van der Waals surface area contributed by atoms with Crippen LogP contribution < -0.4 is 0 Å². The second kappa shape index (κ2) is 5.33. The Bertz CT molecular complexity index is 864. The number of hydrogen-bond donors (Lipinski definition) is 2. The van der Waals surface area contributed by atoms with Gasteiger partial charge in [-0.15, -0.1) is 0 Å². The van der Waals surface area contributed by atoms with Gasteiger partial charge in [-0.1, -0.05) is 36.4 Å². The van der Waals surface area contributed by atoms with Crippen LogP contribution >= 0.6 is 0 Å². The molecule has 3 rings (SSSR count). The summed E-state index contributed by atoms with van der Waals surface area (Å²) < 4.78 is 0. The van der Waals surface area contributed by atoms with Gasteiger partial charge in [0.1, 0.15) is 0 Å². The molecule has 0 heterocycles. The van der Waals surface area contributed by atoms with E-state index in [9.17, 15) is 9.59 Å². The molecule has 0 saturated carbocycles. The van der Waals surface area contributed by atoms with Crippen molar-refractivity contribution in [3.05, 3.63) is 71.8 Å². The van der Waals surface area contributed by atoms with Crippen molar-refractivity contribution < 1.29 is 19.8 Å². The largest absolute Gasteiger partial charge is 0.478 e. The van der Waals surface area contributed by atoms with Crippen molar-refractivity contribution in [2.45, 2.75) is 0 Å². The van der Waals surface area contributed by atoms with Crippen molar-refractivity contribution in [2.24, 2.45) is 0 Å². The lowest BCUT2D eigenvalue weighted by atomic mass is 9.97. The smallest absolute Gasteiger partial charge is 0.335 e. The van der Waals surface area contributed by atoms with Gasteiger partial charge in [0.05, 0.1) is 11.1 Å². The molecule has 0 bridgehead atoms. The highest BCUT2D eigenvalue weighted by molar-refractivity contribution is 5.97. The van der Waals surface area contributed by atoms with Crippen LogP contribution in [0.4, 0.5) is 0 Å². The summed E-state index contributed by atoms with van der Waals surface area (Å²) in [6.45, 7) is 0. The minimum atomic E-state index is -1.15. The number of carboxylic acid groups (broad SMARTS) is 2. The molecule has 0 unspecified atom stereocenters. The maximum absolute atomic E-state index is 11.2. The summed E-state index contributed by atoms with van der Waals surface area (Å²) in [5.74, 6) is -2.30. The summed E-state index contributed by atoms with van der Waals surface area (Å²) in [4.78, 5) is 22.4. The Morgan fingerprint density at radius 3 is 1.82 bits per heavy atom. The molecule has 108 valence electrons. The molecule has 4 heteroatoms. The number of carboxylic acids is 2. The van der Waals surface area contributed by atoms with Crippen molar-refractivity contribution in [3.63, 3.8) is 0 Å². The van der Waals surface area contributed by atoms with E-state index < -0.39 is 11.9 Å². The van der Waals surface area contributed by atoms with E-state index >= 15 is 0 Å². The minimum Gasteiger partial charge on any atom is -0.478 e. The molecule has 0 atom stereocenters. The average Bonchev–Trinajstić information content (AvgIpc) is 2.53. The standard InChI is InChI=1S/C18H12O4/c19-17(20)15-8-14(9-16(10-15)18(21)22)13-6-5-11-3-1-2-4-12(11)7-13/h1-10H,(H,19,20)(H,21,22). The van der Waals surface area contributed by atoms with Gasteiger partial charge in [0.2, 0.25) is 0 Å². The Kier molecular flexibility index (Phi) is 3.35. The zero-order chi connectivity index (χ0) is 15.7. The molecule has 0 spiro atoms. The van der Waals surface area contributed by atoms with Crippen LogP contribution in [0.25, 0.3) is 21.9 Å². The fourth-order valence-corrected chi connectivity index (χ4v) is 2.41. The molecular weight excluding hydrogens is 280 g/mol. The van der Waals surface area contributed by atoms with Crippen molar-refractivity contribution in [3.8, 4) is 11.1 Å². The molecule has 0 saturated heterocycles. The summed E-state index contributed by atoms with van der Waals surface area (Å²) in [5.41, 5.74) is 1.28. The maximum atomic E-state index is 11.2. The van der Waals surface area contributed by atoms with E-state index in [1.54, 1.807) is 0 Å². The molecule has 0 radical (unpaired) electrons. The van der Waals surface area contributed by atoms with Gasteiger partial charge in [-0.3, -0.25) is 0 Å². The van der Waals surface area contributed by atoms with E-state index in [4.69, 9.17) is 10.2 Å². The van der Waals surface area contributed by atoms with E-state index in [2.05, 4.69) is 0 Å². The molecule has 0 aliphatic carbocycles. The van der Waals surface area contributed by atoms with Gasteiger partial charge in [-0.2, -0.15) is 0 Å². The molecule has 3 aromatic rings. The fraction of sp³-hybridized carbons (Fsp3) is 0. The van der Waals surface area contributed by atoms with Gasteiger partial charge in [0.25, 0.3) is 0 Å². The van der Waals surface area contributed by atoms with Crippen molar-refractivity contribution in [1.29, 1.82) is 0 Å². The predicted octanol–water partition coefficient (Wildman–Crippen LogP) is 3.90. The van der Waals surface area contributed by atoms with Crippen molar-refractivity contribution >= 4 is 22.7 Å². The molecule has 22 heavy (non-hydrogen) atoms. The highest BCUT2D eigenvalue weighted by Gasteiger charge is 2.12. The number of carbonyl (C=O) groups is 2. The number of rotatable bonds is 3. The number of aromatic carboxylic acids is 2. The second-order valence-corrected chi connectivity index (χ2v) is 4.97. The lowest BCUT2D eigenvalue weighted by molar-refractivity contribution is 0.0696. The van der Waals surface area contributed by atoms with Gasteiger partial charge in [-0.25, -0.2) is 9.59 Å². The summed E-state index contributed by atoms with van der Waals surface area (Å²) in [6.07, 6.45) is 0. The van der Waals surface area contributed by atoms with Crippen LogP contribution in [-0.2, 0) is 0 Å². The highest BCUT2D eigenvalue weighted by atomic mass is 16.4. The lowest BCUT2D eigenvalue weighted by Crippen LogP contribution is -2.03. The zero-order valence-corrected chi connectivity index (χ0v) is 11.5. The Morgan fingerprint density at radius 2 is 1.23 bits per heavy atom. The molecule has 2 N–H and O–H groups in total. The first-order valence-corrected chi connectivity index (χ1v) is 6.65. The van der Waals surface area contributed by atoms with Crippen LogP contribution in [-0.4, -0.2) is 22.2 Å². The first kappa shape index (κ1) is 13.8. The van der Waals surface area contributed by atoms with Crippen molar-refractivity contribution in [1.82, 2.24) is 0 Å². The van der Waals surface area contributed by atoms with E-state index in [0.717, 1.165) is 22.4 Å². The first-order chi connectivity index (χ1) is 10.5. The second-order valence-electron chi connectivity index (χ2n) is 4.97. The molecule has 0 aliphatic rings. The summed E-state index contributed by atoms with van der Waals surface area (Å²) in [6, 6.07) is 17.6. The predicted molar refractivity (Wildman–Crippen MR) is 83.3 cm³/mol. The quantitative estimate of drug-likeness (QED) is 0.767. The van der Waals surface area contributed by atoms with Crippen LogP contribution in [0.5, 0.6) is 0 Å². The van der Waals surface area contributed by atoms with Gasteiger partial charge in [0, 0.05) is 0 Å². The Balaban J connectivity index is 2.20. The van der Waals surface area contributed by atoms with Gasteiger partial charge in [0.15, 0.2) is 0 Å². The third-order valence-electron chi connectivity index (χ3n) is 3.51. The summed E-state index contributed by atoms with van der Waals surface area (Å²) in [5, 5.41) is 20.4. The topological polar surface area (TPSA) is 74.6 Å². The Hall–Kier alpha value is -3.14. The molecule has 0 aromatic heterocycles. The van der Waals surface area contributed by atoms with Crippen molar-refractivity contribution in [2.75, 3.05) is 0 Å². The molecular formula is C18H12O4. The van der Waals surface area contributed by atoms with Gasteiger partial charge >= 0.3 is 11.9 Å². The van der Waals surface area contributed by atoms with Gasteiger partial charge < -0.3 is 10.2 Å². The Morgan fingerprint density at radius 1 is 0.636 bits per heavy atom. The molecule has 0 fully saturated rings. The van der Waals surface area contributed by atoms with E-state index in [1.165, 1.54) is 12.1 Å². The highest BCUT2D eigenvalue weighted by Crippen LogP contribution is 2.26. The normalized spacial score (nSPS) is 10.5. The molecule has 0 aliphatic heterocycles. The Labute approximate surface area is 126 Å². The van der Waals surface area contributed by atoms with Crippen LogP contribution in [0, 0.1) is 0 Å². The number of benzene rings is 3. The number of hydrogen-bond acceptors (Lipinski definition) is 2. The summed E-state index contributed by atoms with van der Waals surface area (Å²) in [7, 11) is 0. The SMILES string of the molecule is O=C(O)c1cc(C(=O)O)cc(-c2ccc3ccccc3c2)c1. The van der Waals surface area contributed by atoms with E-state index in [0.29, 0.717) is 5.56 Å². The third-order valence-corrected chi connectivity index (χ3v) is 3.51. The zero-order valence-electron chi connectivity index (χ0n) is 11.5. The van der Waals surface area contributed by atoms with Gasteiger partial charge in [-0.05, 0) is 46.2 Å². The van der Waals surface area contributed by atoms with E-state index in [1.807, 2.05) is 42.5 Å². The fourth-order valence-electron chi connectivity index (χ4n) is 2.41. The van der Waals surface area contributed by atoms with Crippen LogP contribution in [0.3, 0.4) is 0 Å². The maximum Gasteiger partial charge on any atom is 0.335 e. The summed E-state index contributed by atoms with van der Waals surface area (Å²) >= 11 is 0. The van der Waals surface area contributed by atoms with Crippen LogP contribution in [0.2, 0.25) is 0 Å². The average molecular weight is 292 g/mol. The lowest BCUT2D eigenvalue weighted by Gasteiger charge is -2.07. The monoisotopic (exact) mass is 292 g/mol. The minimum absolute atomic E-state index is 0.0388. The van der Waals surface area contributed by atoms with Crippen LogP contribution in [0.1, 0.15) is 20.7 Å². The molecule has 0 amide bonds. The molecule has 4 nitrogen and oxygen atoms in total.